The molecule has 0 spiro atoms. The van der Waals surface area contributed by atoms with Gasteiger partial charge in [0.1, 0.15) is 5.69 Å². The van der Waals surface area contributed by atoms with Gasteiger partial charge in [0.15, 0.2) is 0 Å². The minimum atomic E-state index is -0.240. The summed E-state index contributed by atoms with van der Waals surface area (Å²) in [6.07, 6.45) is 4.04. The molecule has 9 heteroatoms. The van der Waals surface area contributed by atoms with Crippen LogP contribution in [0.2, 0.25) is 0 Å². The van der Waals surface area contributed by atoms with Crippen LogP contribution in [0.3, 0.4) is 0 Å². The SMILES string of the molecule is COCCn1cc(NC(=O)c2csc(CCN)n2)cn1.Cl. The van der Waals surface area contributed by atoms with E-state index in [0.29, 0.717) is 37.5 Å². The summed E-state index contributed by atoms with van der Waals surface area (Å²) in [5, 5.41) is 9.48. The van der Waals surface area contributed by atoms with Crippen molar-refractivity contribution in [3.8, 4) is 0 Å². The lowest BCUT2D eigenvalue weighted by Gasteiger charge is -2.00. The van der Waals surface area contributed by atoms with Crippen molar-refractivity contribution in [3.63, 3.8) is 0 Å². The Morgan fingerprint density at radius 3 is 3.10 bits per heavy atom. The van der Waals surface area contributed by atoms with E-state index in [4.69, 9.17) is 10.5 Å². The zero-order chi connectivity index (χ0) is 14.4. The van der Waals surface area contributed by atoms with Gasteiger partial charge in [0.25, 0.3) is 5.91 Å². The number of halogens is 1. The van der Waals surface area contributed by atoms with E-state index >= 15 is 0 Å². The molecule has 0 aromatic carbocycles. The van der Waals surface area contributed by atoms with E-state index in [1.807, 2.05) is 0 Å². The number of ether oxygens (including phenoxy) is 1. The Hall–Kier alpha value is -1.48. The van der Waals surface area contributed by atoms with E-state index in [1.54, 1.807) is 29.6 Å². The maximum Gasteiger partial charge on any atom is 0.275 e. The number of rotatable bonds is 7. The van der Waals surface area contributed by atoms with Gasteiger partial charge in [-0.15, -0.1) is 23.7 Å². The van der Waals surface area contributed by atoms with Gasteiger partial charge in [-0.1, -0.05) is 0 Å². The summed E-state index contributed by atoms with van der Waals surface area (Å²) in [4.78, 5) is 16.2. The highest BCUT2D eigenvalue weighted by Crippen LogP contribution is 2.12. The molecule has 7 nitrogen and oxygen atoms in total. The molecule has 2 heterocycles. The van der Waals surface area contributed by atoms with Gasteiger partial charge in [-0.05, 0) is 6.54 Å². The fraction of sp³-hybridized carbons (Fsp3) is 0.417. The van der Waals surface area contributed by atoms with Gasteiger partial charge >= 0.3 is 0 Å². The highest BCUT2D eigenvalue weighted by atomic mass is 35.5. The van der Waals surface area contributed by atoms with E-state index in [9.17, 15) is 4.79 Å². The predicted molar refractivity (Wildman–Crippen MR) is 84.2 cm³/mol. The van der Waals surface area contributed by atoms with Crippen LogP contribution < -0.4 is 11.1 Å². The van der Waals surface area contributed by atoms with Gasteiger partial charge in [0.05, 0.1) is 30.0 Å². The number of amides is 1. The van der Waals surface area contributed by atoms with E-state index in [0.717, 1.165) is 5.01 Å². The second kappa shape index (κ2) is 8.73. The number of nitrogens with one attached hydrogen (secondary N) is 1. The first-order valence-corrected chi connectivity index (χ1v) is 7.08. The molecule has 0 aliphatic carbocycles. The van der Waals surface area contributed by atoms with Crippen molar-refractivity contribution in [2.75, 3.05) is 25.6 Å². The van der Waals surface area contributed by atoms with Gasteiger partial charge < -0.3 is 15.8 Å². The third-order valence-corrected chi connectivity index (χ3v) is 3.47. The minimum Gasteiger partial charge on any atom is -0.383 e. The Morgan fingerprint density at radius 2 is 2.38 bits per heavy atom. The van der Waals surface area contributed by atoms with Crippen LogP contribution in [-0.4, -0.2) is 40.9 Å². The first-order valence-electron chi connectivity index (χ1n) is 6.20. The van der Waals surface area contributed by atoms with Crippen molar-refractivity contribution < 1.29 is 9.53 Å². The van der Waals surface area contributed by atoms with E-state index < -0.39 is 0 Å². The van der Waals surface area contributed by atoms with Gasteiger partial charge in [0, 0.05) is 25.1 Å². The molecular weight excluding hydrogens is 314 g/mol. The lowest BCUT2D eigenvalue weighted by atomic mass is 10.4. The molecule has 1 amide bonds. The Morgan fingerprint density at radius 1 is 1.57 bits per heavy atom. The fourth-order valence-electron chi connectivity index (χ4n) is 1.58. The van der Waals surface area contributed by atoms with Crippen LogP contribution in [0.1, 0.15) is 15.5 Å². The summed E-state index contributed by atoms with van der Waals surface area (Å²) in [5.74, 6) is -0.240. The van der Waals surface area contributed by atoms with Crippen molar-refractivity contribution in [1.29, 1.82) is 0 Å². The Bertz CT molecular complexity index is 572. The van der Waals surface area contributed by atoms with Gasteiger partial charge in [-0.3, -0.25) is 9.48 Å². The minimum absolute atomic E-state index is 0. The van der Waals surface area contributed by atoms with Crippen LogP contribution in [0.25, 0.3) is 0 Å². The zero-order valence-electron chi connectivity index (χ0n) is 11.6. The number of methoxy groups -OCH3 is 1. The van der Waals surface area contributed by atoms with E-state index in [-0.39, 0.29) is 18.3 Å². The average Bonchev–Trinajstić information content (AvgIpc) is 3.06. The summed E-state index contributed by atoms with van der Waals surface area (Å²) in [6, 6.07) is 0. The molecule has 0 saturated carbocycles. The molecule has 0 radical (unpaired) electrons. The van der Waals surface area contributed by atoms with Crippen molar-refractivity contribution in [2.45, 2.75) is 13.0 Å². The standard InChI is InChI=1S/C12H17N5O2S.ClH/c1-19-5-4-17-7-9(6-14-17)15-12(18)10-8-20-11(16-10)2-3-13;/h6-8H,2-5,13H2,1H3,(H,15,18);1H. The number of nitrogens with zero attached hydrogens (tertiary/aromatic N) is 3. The normalized spacial score (nSPS) is 10.2. The van der Waals surface area contributed by atoms with E-state index in [1.165, 1.54) is 11.3 Å². The molecule has 0 unspecified atom stereocenters. The molecule has 0 fully saturated rings. The Balaban J connectivity index is 0.00000220. The molecule has 0 aliphatic heterocycles. The highest BCUT2D eigenvalue weighted by molar-refractivity contribution is 7.09. The maximum absolute atomic E-state index is 12.0. The van der Waals surface area contributed by atoms with Crippen LogP contribution in [0.5, 0.6) is 0 Å². The largest absolute Gasteiger partial charge is 0.383 e. The summed E-state index contributed by atoms with van der Waals surface area (Å²) < 4.78 is 6.67. The van der Waals surface area contributed by atoms with Gasteiger partial charge in [0.2, 0.25) is 0 Å². The molecule has 2 aromatic rings. The van der Waals surface area contributed by atoms with Crippen molar-refractivity contribution in [1.82, 2.24) is 14.8 Å². The van der Waals surface area contributed by atoms with Crippen LogP contribution >= 0.6 is 23.7 Å². The molecule has 3 N–H and O–H groups in total. The van der Waals surface area contributed by atoms with E-state index in [2.05, 4.69) is 15.4 Å². The summed E-state index contributed by atoms with van der Waals surface area (Å²) in [6.45, 7) is 1.74. The average molecular weight is 332 g/mol. The third-order valence-electron chi connectivity index (χ3n) is 2.56. The molecule has 21 heavy (non-hydrogen) atoms. The van der Waals surface area contributed by atoms with Crippen molar-refractivity contribution in [3.05, 3.63) is 28.5 Å². The molecule has 2 aromatic heterocycles. The van der Waals surface area contributed by atoms with Crippen LogP contribution in [0, 0.1) is 0 Å². The molecule has 116 valence electrons. The third kappa shape index (κ3) is 5.09. The number of anilines is 1. The van der Waals surface area contributed by atoms with Crippen molar-refractivity contribution >= 4 is 35.3 Å². The van der Waals surface area contributed by atoms with Gasteiger partial charge in [-0.25, -0.2) is 4.98 Å². The molecule has 0 aliphatic rings. The number of hydrogen-bond acceptors (Lipinski definition) is 6. The number of thiazole rings is 1. The summed E-state index contributed by atoms with van der Waals surface area (Å²) in [5.41, 5.74) is 6.50. The first kappa shape index (κ1) is 17.6. The number of carbonyl (C=O) groups excluding carboxylic acids is 1. The highest BCUT2D eigenvalue weighted by Gasteiger charge is 2.11. The number of nitrogens with two attached hydrogens (primary N) is 1. The molecule has 0 bridgehead atoms. The number of hydrogen-bond donors (Lipinski definition) is 2. The smallest absolute Gasteiger partial charge is 0.275 e. The molecule has 0 saturated heterocycles. The van der Waals surface area contributed by atoms with Crippen LogP contribution in [0.15, 0.2) is 17.8 Å². The lowest BCUT2D eigenvalue weighted by molar-refractivity contribution is 0.102. The summed E-state index contributed by atoms with van der Waals surface area (Å²) in [7, 11) is 1.63. The topological polar surface area (TPSA) is 95.1 Å². The Labute approximate surface area is 132 Å². The molecule has 0 atom stereocenters. The van der Waals surface area contributed by atoms with Gasteiger partial charge in [-0.2, -0.15) is 5.10 Å². The zero-order valence-corrected chi connectivity index (χ0v) is 13.2. The second-order valence-corrected chi connectivity index (χ2v) is 5.05. The maximum atomic E-state index is 12.0. The molecular formula is C12H18ClN5O2S. The molecule has 2 rings (SSSR count). The van der Waals surface area contributed by atoms with Crippen LogP contribution in [0.4, 0.5) is 5.69 Å². The van der Waals surface area contributed by atoms with Crippen LogP contribution in [-0.2, 0) is 17.7 Å². The number of carbonyl (C=O) groups is 1. The second-order valence-electron chi connectivity index (χ2n) is 4.10. The Kier molecular flexibility index (Phi) is 7.30. The quantitative estimate of drug-likeness (QED) is 0.794. The monoisotopic (exact) mass is 331 g/mol. The first-order chi connectivity index (χ1) is 9.72. The fourth-order valence-corrected chi connectivity index (χ4v) is 2.38. The van der Waals surface area contributed by atoms with Crippen molar-refractivity contribution in [2.24, 2.45) is 5.73 Å². The number of aromatic nitrogens is 3. The lowest BCUT2D eigenvalue weighted by Crippen LogP contribution is -2.12. The summed E-state index contributed by atoms with van der Waals surface area (Å²) >= 11 is 1.44. The predicted octanol–water partition coefficient (Wildman–Crippen LogP) is 1.16.